The lowest BCUT2D eigenvalue weighted by Crippen LogP contribution is -2.39. The Morgan fingerprint density at radius 3 is 2.42 bits per heavy atom. The fourth-order valence-electron chi connectivity index (χ4n) is 2.70. The molecule has 0 unspecified atom stereocenters. The van der Waals surface area contributed by atoms with E-state index < -0.39 is 6.10 Å². The van der Waals surface area contributed by atoms with E-state index in [4.69, 9.17) is 16.3 Å². The van der Waals surface area contributed by atoms with Crippen LogP contribution in [0.5, 0.6) is 5.75 Å². The quantitative estimate of drug-likeness (QED) is 0.800. The largest absolute Gasteiger partial charge is 0.481 e. The molecule has 0 saturated carbocycles. The maximum absolute atomic E-state index is 12.5. The summed E-state index contributed by atoms with van der Waals surface area (Å²) in [5.74, 6) is 0.528. The van der Waals surface area contributed by atoms with Gasteiger partial charge in [0.1, 0.15) is 5.75 Å². The van der Waals surface area contributed by atoms with Crippen LogP contribution in [0.15, 0.2) is 42.5 Å². The van der Waals surface area contributed by atoms with E-state index in [9.17, 15) is 4.79 Å². The highest BCUT2D eigenvalue weighted by Crippen LogP contribution is 2.20. The molecule has 1 N–H and O–H groups in total. The number of ether oxygens (including phenoxy) is 1. The standard InChI is InChI=1S/C20H24ClNO2/c1-5-19(24-17-9-7-16(21)8-10-17)20(23)22-15(4)18-11-6-13(2)12-14(18)3/h6-12,15,19H,5H2,1-4H3,(H,22,23)/t15-,19-/m1/s1. The molecule has 0 bridgehead atoms. The van der Waals surface area contributed by atoms with Gasteiger partial charge in [0.2, 0.25) is 0 Å². The number of benzene rings is 2. The molecule has 128 valence electrons. The predicted octanol–water partition coefficient (Wildman–Crippen LogP) is 4.99. The molecule has 0 radical (unpaired) electrons. The smallest absolute Gasteiger partial charge is 0.261 e. The lowest BCUT2D eigenvalue weighted by Gasteiger charge is -2.22. The van der Waals surface area contributed by atoms with Gasteiger partial charge in [-0.15, -0.1) is 0 Å². The number of amides is 1. The number of halogens is 1. The number of aryl methyl sites for hydroxylation is 2. The molecule has 0 aliphatic rings. The van der Waals surface area contributed by atoms with Crippen LogP contribution in [-0.2, 0) is 4.79 Å². The summed E-state index contributed by atoms with van der Waals surface area (Å²) >= 11 is 5.87. The van der Waals surface area contributed by atoms with Crippen LogP contribution in [0.3, 0.4) is 0 Å². The first-order chi connectivity index (χ1) is 11.4. The van der Waals surface area contributed by atoms with Gasteiger partial charge in [0.05, 0.1) is 6.04 Å². The molecular formula is C20H24ClNO2. The molecule has 4 heteroatoms. The Bertz CT molecular complexity index is 697. The second-order valence-corrected chi connectivity index (χ2v) is 6.50. The zero-order chi connectivity index (χ0) is 17.7. The number of hydrogen-bond acceptors (Lipinski definition) is 2. The molecule has 0 fully saturated rings. The van der Waals surface area contributed by atoms with Crippen LogP contribution in [0.2, 0.25) is 5.02 Å². The Morgan fingerprint density at radius 2 is 1.83 bits per heavy atom. The summed E-state index contributed by atoms with van der Waals surface area (Å²) in [6.07, 6.45) is 0.0630. The third-order valence-corrected chi connectivity index (χ3v) is 4.26. The van der Waals surface area contributed by atoms with Gasteiger partial charge in [-0.05, 0) is 62.6 Å². The number of hydrogen-bond donors (Lipinski definition) is 1. The van der Waals surface area contributed by atoms with Crippen LogP contribution in [0, 0.1) is 13.8 Å². The van der Waals surface area contributed by atoms with Crippen LogP contribution < -0.4 is 10.1 Å². The van der Waals surface area contributed by atoms with Crippen LogP contribution in [0.1, 0.15) is 43.0 Å². The van der Waals surface area contributed by atoms with Gasteiger partial charge < -0.3 is 10.1 Å². The molecule has 2 rings (SSSR count). The van der Waals surface area contributed by atoms with Gasteiger partial charge in [0.25, 0.3) is 5.91 Å². The Kier molecular flexibility index (Phi) is 6.27. The zero-order valence-electron chi connectivity index (χ0n) is 14.6. The minimum atomic E-state index is -0.528. The zero-order valence-corrected chi connectivity index (χ0v) is 15.4. The van der Waals surface area contributed by atoms with Gasteiger partial charge in [-0.2, -0.15) is 0 Å². The number of rotatable bonds is 6. The highest BCUT2D eigenvalue weighted by atomic mass is 35.5. The van der Waals surface area contributed by atoms with Crippen molar-refractivity contribution in [2.24, 2.45) is 0 Å². The van der Waals surface area contributed by atoms with Crippen LogP contribution >= 0.6 is 11.6 Å². The first-order valence-electron chi connectivity index (χ1n) is 8.20. The number of nitrogens with one attached hydrogen (secondary N) is 1. The molecule has 2 atom stereocenters. The maximum atomic E-state index is 12.5. The molecule has 0 aliphatic carbocycles. The van der Waals surface area contributed by atoms with Crippen molar-refractivity contribution in [2.45, 2.75) is 46.3 Å². The molecule has 0 spiro atoms. The average molecular weight is 346 g/mol. The highest BCUT2D eigenvalue weighted by molar-refractivity contribution is 6.30. The summed E-state index contributed by atoms with van der Waals surface area (Å²) in [5, 5.41) is 3.69. The molecule has 2 aromatic carbocycles. The lowest BCUT2D eigenvalue weighted by molar-refractivity contribution is -0.128. The summed E-state index contributed by atoms with van der Waals surface area (Å²) < 4.78 is 5.80. The fourth-order valence-corrected chi connectivity index (χ4v) is 2.82. The van der Waals surface area contributed by atoms with Crippen molar-refractivity contribution in [3.63, 3.8) is 0 Å². The third kappa shape index (κ3) is 4.75. The van der Waals surface area contributed by atoms with E-state index in [1.165, 1.54) is 11.1 Å². The van der Waals surface area contributed by atoms with Crippen LogP contribution in [0.4, 0.5) is 0 Å². The molecular weight excluding hydrogens is 322 g/mol. The summed E-state index contributed by atoms with van der Waals surface area (Å²) in [6, 6.07) is 13.2. The Balaban J connectivity index is 2.04. The minimum Gasteiger partial charge on any atom is -0.481 e. The van der Waals surface area contributed by atoms with E-state index >= 15 is 0 Å². The van der Waals surface area contributed by atoms with Crippen molar-refractivity contribution in [2.75, 3.05) is 0 Å². The van der Waals surface area contributed by atoms with Crippen molar-refractivity contribution in [3.8, 4) is 5.75 Å². The van der Waals surface area contributed by atoms with E-state index in [2.05, 4.69) is 37.4 Å². The third-order valence-electron chi connectivity index (χ3n) is 4.01. The summed E-state index contributed by atoms with van der Waals surface area (Å²) in [7, 11) is 0. The molecule has 3 nitrogen and oxygen atoms in total. The van der Waals surface area contributed by atoms with Crippen molar-refractivity contribution in [3.05, 3.63) is 64.2 Å². The Labute approximate surface area is 149 Å². The molecule has 0 aromatic heterocycles. The van der Waals surface area contributed by atoms with Gasteiger partial charge in [-0.1, -0.05) is 42.3 Å². The van der Waals surface area contributed by atoms with Crippen molar-refractivity contribution >= 4 is 17.5 Å². The Morgan fingerprint density at radius 1 is 1.17 bits per heavy atom. The Hall–Kier alpha value is -2.00. The monoisotopic (exact) mass is 345 g/mol. The molecule has 0 aliphatic heterocycles. The number of carbonyl (C=O) groups is 1. The first-order valence-corrected chi connectivity index (χ1v) is 8.58. The van der Waals surface area contributed by atoms with Crippen LogP contribution in [0.25, 0.3) is 0 Å². The van der Waals surface area contributed by atoms with Crippen molar-refractivity contribution in [1.82, 2.24) is 5.32 Å². The topological polar surface area (TPSA) is 38.3 Å². The second-order valence-electron chi connectivity index (χ2n) is 6.06. The van der Waals surface area contributed by atoms with Gasteiger partial charge in [-0.3, -0.25) is 4.79 Å². The van der Waals surface area contributed by atoms with E-state index in [0.29, 0.717) is 17.2 Å². The maximum Gasteiger partial charge on any atom is 0.261 e. The minimum absolute atomic E-state index is 0.0685. The van der Waals surface area contributed by atoms with E-state index in [1.807, 2.05) is 13.8 Å². The normalized spacial score (nSPS) is 13.2. The van der Waals surface area contributed by atoms with Crippen molar-refractivity contribution in [1.29, 1.82) is 0 Å². The molecule has 0 saturated heterocycles. The van der Waals surface area contributed by atoms with Crippen molar-refractivity contribution < 1.29 is 9.53 Å². The second kappa shape index (κ2) is 8.20. The van der Waals surface area contributed by atoms with Gasteiger partial charge >= 0.3 is 0 Å². The molecule has 2 aromatic rings. The molecule has 1 amide bonds. The summed E-state index contributed by atoms with van der Waals surface area (Å²) in [4.78, 5) is 12.5. The molecule has 24 heavy (non-hydrogen) atoms. The lowest BCUT2D eigenvalue weighted by atomic mass is 10.00. The number of carbonyl (C=O) groups excluding carboxylic acids is 1. The van der Waals surface area contributed by atoms with Gasteiger partial charge in [0, 0.05) is 5.02 Å². The van der Waals surface area contributed by atoms with Crippen LogP contribution in [-0.4, -0.2) is 12.0 Å². The van der Waals surface area contributed by atoms with E-state index in [1.54, 1.807) is 24.3 Å². The molecule has 0 heterocycles. The first kappa shape index (κ1) is 18.3. The van der Waals surface area contributed by atoms with E-state index in [-0.39, 0.29) is 11.9 Å². The highest BCUT2D eigenvalue weighted by Gasteiger charge is 2.21. The summed E-state index contributed by atoms with van der Waals surface area (Å²) in [6.45, 7) is 8.05. The summed E-state index contributed by atoms with van der Waals surface area (Å²) in [5.41, 5.74) is 3.51. The SMILES string of the molecule is CC[C@@H](Oc1ccc(Cl)cc1)C(=O)N[C@H](C)c1ccc(C)cc1C. The fraction of sp³-hybridized carbons (Fsp3) is 0.350. The van der Waals surface area contributed by atoms with Gasteiger partial charge in [-0.25, -0.2) is 0 Å². The average Bonchev–Trinajstić information content (AvgIpc) is 2.54. The van der Waals surface area contributed by atoms with E-state index in [0.717, 1.165) is 5.56 Å². The predicted molar refractivity (Wildman–Crippen MR) is 98.6 cm³/mol. The van der Waals surface area contributed by atoms with Gasteiger partial charge in [0.15, 0.2) is 6.10 Å².